The van der Waals surface area contributed by atoms with Gasteiger partial charge in [0, 0.05) is 18.3 Å². The normalized spacial score (nSPS) is 11.2. The molecule has 0 radical (unpaired) electrons. The van der Waals surface area contributed by atoms with E-state index >= 15 is 0 Å². The molecule has 0 bridgehead atoms. The highest BCUT2D eigenvalue weighted by Gasteiger charge is 2.23. The number of amides is 2. The van der Waals surface area contributed by atoms with Crippen LogP contribution >= 0.6 is 11.6 Å². The van der Waals surface area contributed by atoms with Crippen LogP contribution in [0.3, 0.4) is 0 Å². The van der Waals surface area contributed by atoms with E-state index in [1.807, 2.05) is 0 Å². The number of rotatable bonds is 9. The van der Waals surface area contributed by atoms with Gasteiger partial charge in [0.05, 0.1) is 17.7 Å². The summed E-state index contributed by atoms with van der Waals surface area (Å²) in [6, 6.07) is 15.0. The summed E-state index contributed by atoms with van der Waals surface area (Å²) in [5.74, 6) is -2.63. The third kappa shape index (κ3) is 7.35. The number of carboxylic acid groups (broad SMARTS) is 1. The van der Waals surface area contributed by atoms with Crippen LogP contribution < -0.4 is 19.6 Å². The molecule has 0 saturated heterocycles. The number of methoxy groups -OCH3 is 1. The van der Waals surface area contributed by atoms with E-state index in [1.54, 1.807) is 6.07 Å². The lowest BCUT2D eigenvalue weighted by atomic mass is 10.1. The van der Waals surface area contributed by atoms with E-state index in [0.717, 1.165) is 0 Å². The number of anilines is 2. The Bertz CT molecular complexity index is 1610. The average molecular weight is 570 g/mol. The molecule has 0 aliphatic carbocycles. The fourth-order valence-electron chi connectivity index (χ4n) is 3.18. The first-order valence-electron chi connectivity index (χ1n) is 10.9. The number of benzene rings is 3. The van der Waals surface area contributed by atoms with Crippen molar-refractivity contribution in [1.29, 1.82) is 5.26 Å². The van der Waals surface area contributed by atoms with Crippen molar-refractivity contribution < 1.29 is 36.8 Å². The van der Waals surface area contributed by atoms with E-state index in [0.29, 0.717) is 5.69 Å². The van der Waals surface area contributed by atoms with Crippen LogP contribution in [0.25, 0.3) is 6.08 Å². The summed E-state index contributed by atoms with van der Waals surface area (Å²) in [5.41, 5.74) is 0.589. The zero-order chi connectivity index (χ0) is 28.7. The maximum Gasteiger partial charge on any atom is 0.339 e. The summed E-state index contributed by atoms with van der Waals surface area (Å²) in [5, 5.41) is 23.3. The van der Waals surface area contributed by atoms with E-state index < -0.39 is 22.0 Å². The molecule has 0 spiro atoms. The highest BCUT2D eigenvalue weighted by Crippen LogP contribution is 2.39. The van der Waals surface area contributed by atoms with E-state index in [9.17, 15) is 28.1 Å². The van der Waals surface area contributed by atoms with Gasteiger partial charge in [-0.05, 0) is 72.3 Å². The molecule has 0 aliphatic heterocycles. The minimum atomic E-state index is -4.36. The Morgan fingerprint density at radius 1 is 1.00 bits per heavy atom. The Kier molecular flexibility index (Phi) is 8.92. The topological polar surface area (TPSA) is 172 Å². The molecular formula is C26H20ClN3O8S. The number of hydrogen-bond acceptors (Lipinski definition) is 8. The van der Waals surface area contributed by atoms with Gasteiger partial charge in [0.2, 0.25) is 11.7 Å². The van der Waals surface area contributed by atoms with Crippen molar-refractivity contribution in [1.82, 2.24) is 0 Å². The second-order valence-corrected chi connectivity index (χ2v) is 9.74. The molecule has 11 nitrogen and oxygen atoms in total. The van der Waals surface area contributed by atoms with Crippen LogP contribution in [0.5, 0.6) is 11.5 Å². The molecule has 0 aliphatic rings. The van der Waals surface area contributed by atoms with Gasteiger partial charge in [-0.1, -0.05) is 11.6 Å². The predicted octanol–water partition coefficient (Wildman–Crippen LogP) is 4.32. The van der Waals surface area contributed by atoms with E-state index in [1.165, 1.54) is 80.8 Å². The van der Waals surface area contributed by atoms with Gasteiger partial charge in [-0.15, -0.1) is 0 Å². The smallest absolute Gasteiger partial charge is 0.339 e. The molecule has 3 N–H and O–H groups in total. The van der Waals surface area contributed by atoms with Crippen LogP contribution in [0, 0.1) is 11.3 Å². The molecule has 0 unspecified atom stereocenters. The number of halogens is 1. The lowest BCUT2D eigenvalue weighted by molar-refractivity contribution is -0.114. The van der Waals surface area contributed by atoms with Gasteiger partial charge in [-0.3, -0.25) is 9.59 Å². The minimum absolute atomic E-state index is 0.0251. The van der Waals surface area contributed by atoms with Gasteiger partial charge in [0.1, 0.15) is 16.5 Å². The number of carboxylic acids is 1. The third-order valence-electron chi connectivity index (χ3n) is 4.97. The Hall–Kier alpha value is -4.86. The van der Waals surface area contributed by atoms with Crippen LogP contribution in [0.15, 0.2) is 71.1 Å². The van der Waals surface area contributed by atoms with E-state index in [2.05, 4.69) is 10.6 Å². The summed E-state index contributed by atoms with van der Waals surface area (Å²) in [7, 11) is -3.11. The number of hydrogen-bond donors (Lipinski definition) is 3. The van der Waals surface area contributed by atoms with Crippen LogP contribution in [0.2, 0.25) is 5.02 Å². The van der Waals surface area contributed by atoms with Gasteiger partial charge in [-0.25, -0.2) is 4.79 Å². The van der Waals surface area contributed by atoms with Crippen molar-refractivity contribution in [3.63, 3.8) is 0 Å². The van der Waals surface area contributed by atoms with Crippen molar-refractivity contribution in [2.24, 2.45) is 0 Å². The fourth-order valence-corrected chi connectivity index (χ4v) is 4.44. The first kappa shape index (κ1) is 28.7. The van der Waals surface area contributed by atoms with Crippen LogP contribution in [0.1, 0.15) is 22.8 Å². The summed E-state index contributed by atoms with van der Waals surface area (Å²) in [4.78, 5) is 34.5. The van der Waals surface area contributed by atoms with Gasteiger partial charge < -0.3 is 24.7 Å². The summed E-state index contributed by atoms with van der Waals surface area (Å²) < 4.78 is 36.1. The Labute approximate surface area is 228 Å². The standard InChI is InChI=1S/C26H20ClN3O8S/c1-15(31)29-19-7-9-21(10-8-19)39(35,36)38-24-22(27)12-16(13-23(24)37-2)11-18(14-28)25(32)30-20-5-3-17(4-6-20)26(33)34/h3-13H,1-2H3,(H,29,31)(H,30,32)(H,33,34)/b18-11+. The maximum atomic E-state index is 12.8. The largest absolute Gasteiger partial charge is 0.493 e. The zero-order valence-electron chi connectivity index (χ0n) is 20.4. The van der Waals surface area contributed by atoms with Gasteiger partial charge >= 0.3 is 16.1 Å². The Morgan fingerprint density at radius 2 is 1.59 bits per heavy atom. The first-order valence-corrected chi connectivity index (χ1v) is 12.7. The first-order chi connectivity index (χ1) is 18.4. The van der Waals surface area contributed by atoms with Crippen molar-refractivity contribution in [2.45, 2.75) is 11.8 Å². The van der Waals surface area contributed by atoms with Crippen LogP contribution in [-0.2, 0) is 19.7 Å². The lowest BCUT2D eigenvalue weighted by Gasteiger charge is -2.14. The molecule has 39 heavy (non-hydrogen) atoms. The quantitative estimate of drug-likeness (QED) is 0.193. The minimum Gasteiger partial charge on any atom is -0.493 e. The molecule has 0 fully saturated rings. The van der Waals surface area contributed by atoms with E-state index in [-0.39, 0.29) is 49.7 Å². The van der Waals surface area contributed by atoms with Crippen molar-refractivity contribution in [3.05, 3.63) is 82.4 Å². The molecule has 0 aromatic heterocycles. The Balaban J connectivity index is 1.85. The van der Waals surface area contributed by atoms with Crippen LogP contribution in [-0.4, -0.2) is 38.4 Å². The SMILES string of the molecule is COc1cc(/C=C(\C#N)C(=O)Nc2ccc(C(=O)O)cc2)cc(Cl)c1OS(=O)(=O)c1ccc(NC(C)=O)cc1. The van der Waals surface area contributed by atoms with Gasteiger partial charge in [-0.2, -0.15) is 13.7 Å². The molecule has 0 saturated carbocycles. The number of ether oxygens (including phenoxy) is 1. The summed E-state index contributed by atoms with van der Waals surface area (Å²) >= 11 is 6.29. The summed E-state index contributed by atoms with van der Waals surface area (Å²) in [6.07, 6.45) is 1.20. The fraction of sp³-hybridized carbons (Fsp3) is 0.0769. The van der Waals surface area contributed by atoms with Gasteiger partial charge in [0.25, 0.3) is 5.91 Å². The monoisotopic (exact) mass is 569 g/mol. The molecule has 3 aromatic carbocycles. The average Bonchev–Trinajstić information content (AvgIpc) is 2.88. The molecule has 3 aromatic rings. The Morgan fingerprint density at radius 3 is 2.13 bits per heavy atom. The summed E-state index contributed by atoms with van der Waals surface area (Å²) in [6.45, 7) is 1.31. The number of carbonyl (C=O) groups excluding carboxylic acids is 2. The second kappa shape index (κ2) is 12.1. The molecule has 3 rings (SSSR count). The van der Waals surface area contributed by atoms with Crippen LogP contribution in [0.4, 0.5) is 11.4 Å². The molecule has 200 valence electrons. The number of nitrogens with one attached hydrogen (secondary N) is 2. The van der Waals surface area contributed by atoms with Gasteiger partial charge in [0.15, 0.2) is 5.75 Å². The molecular weight excluding hydrogens is 550 g/mol. The number of aromatic carboxylic acids is 1. The third-order valence-corrected chi connectivity index (χ3v) is 6.49. The zero-order valence-corrected chi connectivity index (χ0v) is 22.0. The lowest BCUT2D eigenvalue weighted by Crippen LogP contribution is -2.13. The van der Waals surface area contributed by atoms with Crippen molar-refractivity contribution in [3.8, 4) is 17.6 Å². The van der Waals surface area contributed by atoms with E-state index in [4.69, 9.17) is 25.6 Å². The number of carbonyl (C=O) groups is 3. The predicted molar refractivity (Wildman–Crippen MR) is 142 cm³/mol. The molecule has 13 heteroatoms. The maximum absolute atomic E-state index is 12.8. The highest BCUT2D eigenvalue weighted by molar-refractivity contribution is 7.87. The molecule has 0 heterocycles. The molecule has 0 atom stereocenters. The highest BCUT2D eigenvalue weighted by atomic mass is 35.5. The number of nitriles is 1. The second-order valence-electron chi connectivity index (χ2n) is 7.78. The van der Waals surface area contributed by atoms with Crippen molar-refractivity contribution >= 4 is 57.0 Å². The van der Waals surface area contributed by atoms with Crippen molar-refractivity contribution in [2.75, 3.05) is 17.7 Å². The molecule has 2 amide bonds. The number of nitrogens with zero attached hydrogens (tertiary/aromatic N) is 1.